The summed E-state index contributed by atoms with van der Waals surface area (Å²) < 4.78 is 12.3. The van der Waals surface area contributed by atoms with Gasteiger partial charge in [-0.3, -0.25) is 4.79 Å². The minimum atomic E-state index is -0.930. The van der Waals surface area contributed by atoms with E-state index in [0.29, 0.717) is 25.2 Å². The molecule has 3 N–H and O–H groups in total. The average Bonchev–Trinajstić information content (AvgIpc) is 3.51. The first-order valence-electron chi connectivity index (χ1n) is 15.0. The van der Waals surface area contributed by atoms with Gasteiger partial charge in [0, 0.05) is 19.4 Å². The monoisotopic (exact) mass is 620 g/mol. The molecule has 3 aromatic rings. The van der Waals surface area contributed by atoms with Crippen LogP contribution in [0.4, 0.5) is 15.4 Å². The minimum Gasteiger partial charge on any atom is -0.449 e. The number of unbranched alkanes of at least 4 members (excludes halogenated alkanes) is 1. The van der Waals surface area contributed by atoms with Crippen LogP contribution in [-0.4, -0.2) is 63.9 Å². The number of carbonyl (C=O) groups is 3. The largest absolute Gasteiger partial charge is 0.449 e. The lowest BCUT2D eigenvalue weighted by Crippen LogP contribution is -2.47. The highest BCUT2D eigenvalue weighted by Gasteiger charge is 2.30. The number of carbonyl (C=O) groups excluding carboxylic acids is 3. The molecule has 0 radical (unpaired) electrons. The number of alkyl carbamates (subject to hydrolysis) is 2. The van der Waals surface area contributed by atoms with Crippen LogP contribution in [0.2, 0.25) is 0 Å². The van der Waals surface area contributed by atoms with Gasteiger partial charge in [0.2, 0.25) is 5.91 Å². The highest BCUT2D eigenvalue weighted by molar-refractivity contribution is 5.85. The number of hydrogen-bond acceptors (Lipinski definition) is 8. The summed E-state index contributed by atoms with van der Waals surface area (Å²) in [6.45, 7) is 7.60. The number of ether oxygens (including phenoxy) is 2. The molecule has 240 valence electrons. The number of aryl methyl sites for hydroxylation is 1. The molecule has 0 saturated carbocycles. The zero-order chi connectivity index (χ0) is 32.6. The van der Waals surface area contributed by atoms with Crippen LogP contribution in [-0.2, 0) is 20.8 Å². The molecule has 0 saturated heterocycles. The lowest BCUT2D eigenvalue weighted by Gasteiger charge is -2.20. The highest BCUT2D eigenvalue weighted by Crippen LogP contribution is 2.44. The number of hydrogen-bond donors (Lipinski definition) is 3. The molecule has 0 fully saturated rings. The van der Waals surface area contributed by atoms with E-state index in [1.807, 2.05) is 48.5 Å². The van der Waals surface area contributed by atoms with E-state index in [0.717, 1.165) is 22.3 Å². The molecule has 1 atom stereocenters. The molecule has 0 spiro atoms. The van der Waals surface area contributed by atoms with E-state index in [4.69, 9.17) is 9.47 Å². The van der Waals surface area contributed by atoms with Crippen molar-refractivity contribution in [3.63, 3.8) is 0 Å². The van der Waals surface area contributed by atoms with Gasteiger partial charge in [-0.15, -0.1) is 0 Å². The van der Waals surface area contributed by atoms with Gasteiger partial charge in [0.05, 0.1) is 6.54 Å². The maximum absolute atomic E-state index is 13.2. The predicted molar refractivity (Wildman–Crippen MR) is 167 cm³/mol. The summed E-state index contributed by atoms with van der Waals surface area (Å²) in [6.07, 6.45) is 1.22. The quantitative estimate of drug-likeness (QED) is 0.139. The Kier molecular flexibility index (Phi) is 10.8. The van der Waals surface area contributed by atoms with Crippen LogP contribution in [0.3, 0.4) is 0 Å². The summed E-state index contributed by atoms with van der Waals surface area (Å²) in [7, 11) is 0. The van der Waals surface area contributed by atoms with E-state index in [1.165, 1.54) is 10.8 Å². The van der Waals surface area contributed by atoms with Crippen molar-refractivity contribution in [3.05, 3.63) is 81.8 Å². The number of rotatable bonds is 13. The van der Waals surface area contributed by atoms with Crippen molar-refractivity contribution in [1.29, 1.82) is 0 Å². The number of nitro groups is 1. The van der Waals surface area contributed by atoms with Crippen molar-refractivity contribution < 1.29 is 28.8 Å². The number of imidazole rings is 1. The van der Waals surface area contributed by atoms with Gasteiger partial charge in [-0.2, -0.15) is 0 Å². The fourth-order valence-corrected chi connectivity index (χ4v) is 5.32. The Balaban J connectivity index is 1.35. The fourth-order valence-electron chi connectivity index (χ4n) is 5.32. The molecular weight excluding hydrogens is 580 g/mol. The van der Waals surface area contributed by atoms with E-state index in [9.17, 15) is 24.5 Å². The molecule has 4 rings (SSSR count). The predicted octanol–water partition coefficient (Wildman–Crippen LogP) is 4.82. The topological polar surface area (TPSA) is 167 Å². The normalized spacial score (nSPS) is 12.9. The first-order valence-corrected chi connectivity index (χ1v) is 15.0. The van der Waals surface area contributed by atoms with Crippen LogP contribution < -0.4 is 16.0 Å². The maximum atomic E-state index is 13.2. The van der Waals surface area contributed by atoms with Crippen molar-refractivity contribution in [1.82, 2.24) is 25.5 Å². The van der Waals surface area contributed by atoms with Gasteiger partial charge in [-0.1, -0.05) is 48.5 Å². The van der Waals surface area contributed by atoms with Gasteiger partial charge in [0.1, 0.15) is 31.0 Å². The highest BCUT2D eigenvalue weighted by atomic mass is 16.6. The summed E-state index contributed by atoms with van der Waals surface area (Å²) in [5.41, 5.74) is 3.74. The molecule has 0 bridgehead atoms. The minimum absolute atomic E-state index is 0.0833. The fraction of sp³-hybridized carbons (Fsp3) is 0.438. The van der Waals surface area contributed by atoms with Crippen molar-refractivity contribution in [2.75, 3.05) is 19.7 Å². The molecule has 13 nitrogen and oxygen atoms in total. The third-order valence-corrected chi connectivity index (χ3v) is 7.40. The average molecular weight is 621 g/mol. The molecule has 1 aliphatic carbocycles. The van der Waals surface area contributed by atoms with Crippen LogP contribution in [0.5, 0.6) is 0 Å². The third kappa shape index (κ3) is 8.80. The molecule has 45 heavy (non-hydrogen) atoms. The van der Waals surface area contributed by atoms with Crippen LogP contribution in [0.25, 0.3) is 11.1 Å². The standard InChI is InChI=1S/C32H40N6O7/c1-21-35-19-28(38(42)43)37(21)18-17-33-29(39)27(15-9-10-16-34-30(40)45-32(2,3)4)36-31(41)44-20-26-24-13-7-5-11-22(24)23-12-6-8-14-25(23)26/h5-8,11-14,19,26-27H,9-10,15-18,20H2,1-4H3,(H,33,39)(H,34,40)(H,36,41). The lowest BCUT2D eigenvalue weighted by atomic mass is 9.98. The van der Waals surface area contributed by atoms with E-state index in [-0.39, 0.29) is 37.9 Å². The molecular formula is C32H40N6O7. The summed E-state index contributed by atoms with van der Waals surface area (Å²) in [4.78, 5) is 52.9. The molecule has 13 heteroatoms. The summed E-state index contributed by atoms with van der Waals surface area (Å²) >= 11 is 0. The maximum Gasteiger partial charge on any atom is 0.407 e. The Morgan fingerprint density at radius 2 is 1.62 bits per heavy atom. The first kappa shape index (κ1) is 33.0. The van der Waals surface area contributed by atoms with Gasteiger partial charge in [0.15, 0.2) is 5.82 Å². The van der Waals surface area contributed by atoms with Gasteiger partial charge >= 0.3 is 18.0 Å². The summed E-state index contributed by atoms with van der Waals surface area (Å²) in [5.74, 6) is -0.318. The first-order chi connectivity index (χ1) is 21.4. The number of aromatic nitrogens is 2. The van der Waals surface area contributed by atoms with Crippen molar-refractivity contribution in [2.24, 2.45) is 0 Å². The van der Waals surface area contributed by atoms with Crippen LogP contribution in [0.15, 0.2) is 54.7 Å². The molecule has 3 amide bonds. The number of fused-ring (bicyclic) bond motifs is 3. The second kappa shape index (κ2) is 14.7. The van der Waals surface area contributed by atoms with Crippen LogP contribution in [0.1, 0.15) is 62.9 Å². The molecule has 1 heterocycles. The Labute approximate surface area is 261 Å². The van der Waals surface area contributed by atoms with E-state index in [1.54, 1.807) is 27.7 Å². The summed E-state index contributed by atoms with van der Waals surface area (Å²) in [5, 5.41) is 19.4. The lowest BCUT2D eigenvalue weighted by molar-refractivity contribution is -0.392. The molecule has 1 unspecified atom stereocenters. The number of benzene rings is 2. The second-order valence-electron chi connectivity index (χ2n) is 11.8. The summed E-state index contributed by atoms with van der Waals surface area (Å²) in [6, 6.07) is 15.1. The van der Waals surface area contributed by atoms with Crippen molar-refractivity contribution in [3.8, 4) is 11.1 Å². The smallest absolute Gasteiger partial charge is 0.407 e. The number of amides is 3. The zero-order valence-electron chi connectivity index (χ0n) is 26.0. The molecule has 2 aromatic carbocycles. The Hall–Kier alpha value is -4.94. The van der Waals surface area contributed by atoms with Crippen molar-refractivity contribution >= 4 is 23.9 Å². The van der Waals surface area contributed by atoms with Gasteiger partial charge in [-0.25, -0.2) is 19.1 Å². The number of nitrogens with zero attached hydrogens (tertiary/aromatic N) is 3. The van der Waals surface area contributed by atoms with E-state index >= 15 is 0 Å². The van der Waals surface area contributed by atoms with Crippen LogP contribution in [0, 0.1) is 17.0 Å². The van der Waals surface area contributed by atoms with Gasteiger partial charge in [-0.05, 0) is 67.2 Å². The third-order valence-electron chi connectivity index (χ3n) is 7.40. The second-order valence-corrected chi connectivity index (χ2v) is 11.8. The Morgan fingerprint density at radius 3 is 2.24 bits per heavy atom. The van der Waals surface area contributed by atoms with E-state index in [2.05, 4.69) is 20.9 Å². The number of nitrogens with one attached hydrogen (secondary N) is 3. The Bertz CT molecular complexity index is 1480. The zero-order valence-corrected chi connectivity index (χ0v) is 26.0. The molecule has 0 aliphatic heterocycles. The van der Waals surface area contributed by atoms with Crippen molar-refractivity contribution in [2.45, 2.75) is 71.1 Å². The van der Waals surface area contributed by atoms with Gasteiger partial charge in [0.25, 0.3) is 0 Å². The molecule has 1 aromatic heterocycles. The Morgan fingerprint density at radius 1 is 0.978 bits per heavy atom. The van der Waals surface area contributed by atoms with Gasteiger partial charge < -0.3 is 35.5 Å². The van der Waals surface area contributed by atoms with Crippen LogP contribution >= 0.6 is 0 Å². The van der Waals surface area contributed by atoms with E-state index < -0.39 is 34.7 Å². The SMILES string of the molecule is Cc1ncc([N+](=O)[O-])n1CCNC(=O)C(CCCCNC(=O)OC(C)(C)C)NC(=O)OCC1c2ccccc2-c2ccccc21. The molecule has 1 aliphatic rings.